The summed E-state index contributed by atoms with van der Waals surface area (Å²) in [7, 11) is 0. The summed E-state index contributed by atoms with van der Waals surface area (Å²) in [6, 6.07) is 3.77. The third-order valence-corrected chi connectivity index (χ3v) is 2.58. The number of rotatable bonds is 1. The maximum absolute atomic E-state index is 11.6. The van der Waals surface area contributed by atoms with E-state index in [9.17, 15) is 14.7 Å². The second kappa shape index (κ2) is 3.81. The molecule has 0 saturated heterocycles. The summed E-state index contributed by atoms with van der Waals surface area (Å²) in [6.45, 7) is 0. The maximum atomic E-state index is 11.6. The van der Waals surface area contributed by atoms with E-state index in [0.717, 1.165) is 6.07 Å². The molecule has 1 heterocycles. The molecule has 0 aliphatic rings. The van der Waals surface area contributed by atoms with Crippen LogP contribution in [0, 0.1) is 0 Å². The Balaban J connectivity index is 2.93. The van der Waals surface area contributed by atoms with E-state index >= 15 is 0 Å². The minimum Gasteiger partial charge on any atom is -0.543 e. The third-order valence-electron chi connectivity index (χ3n) is 2.07. The summed E-state index contributed by atoms with van der Waals surface area (Å²) in [5.74, 6) is -1.46. The first-order chi connectivity index (χ1) is 7.49. The summed E-state index contributed by atoms with van der Waals surface area (Å²) in [4.78, 5) is 24.7. The molecule has 6 heteroatoms. The van der Waals surface area contributed by atoms with Crippen LogP contribution in [0.5, 0.6) is 0 Å². The molecular formula is C10H4Cl2NO3-. The van der Waals surface area contributed by atoms with Gasteiger partial charge in [-0.25, -0.2) is 0 Å². The number of carbonyl (C=O) groups excluding carboxylic acids is 1. The number of aromatic carboxylic acids is 1. The van der Waals surface area contributed by atoms with Crippen LogP contribution in [0.2, 0.25) is 10.0 Å². The highest BCUT2D eigenvalue weighted by Crippen LogP contribution is 2.24. The van der Waals surface area contributed by atoms with Gasteiger partial charge in [-0.3, -0.25) is 4.79 Å². The Morgan fingerprint density at radius 1 is 1.25 bits per heavy atom. The molecule has 0 radical (unpaired) electrons. The molecule has 0 amide bonds. The lowest BCUT2D eigenvalue weighted by Gasteiger charge is -2.06. The largest absolute Gasteiger partial charge is 0.543 e. The van der Waals surface area contributed by atoms with Crippen LogP contribution >= 0.6 is 23.2 Å². The van der Waals surface area contributed by atoms with Crippen LogP contribution in [0.4, 0.5) is 0 Å². The first-order valence-electron chi connectivity index (χ1n) is 4.22. The average Bonchev–Trinajstić information content (AvgIpc) is 2.15. The number of benzene rings is 1. The molecular weight excluding hydrogens is 253 g/mol. The van der Waals surface area contributed by atoms with Gasteiger partial charge in [-0.2, -0.15) is 0 Å². The smallest absolute Gasteiger partial charge is 0.191 e. The zero-order chi connectivity index (χ0) is 11.9. The lowest BCUT2D eigenvalue weighted by atomic mass is 10.2. The molecule has 0 bridgehead atoms. The van der Waals surface area contributed by atoms with Gasteiger partial charge in [-0.15, -0.1) is 0 Å². The summed E-state index contributed by atoms with van der Waals surface area (Å²) >= 11 is 11.6. The number of carboxylic acids is 1. The SMILES string of the molecule is O=C([O-])c1cc(=O)c2c(Cl)cc(Cl)cc2[nH]1. The van der Waals surface area contributed by atoms with E-state index in [4.69, 9.17) is 23.2 Å². The van der Waals surface area contributed by atoms with Crippen molar-refractivity contribution in [2.24, 2.45) is 0 Å². The number of aromatic amines is 1. The van der Waals surface area contributed by atoms with Crippen LogP contribution in [0.25, 0.3) is 10.9 Å². The fourth-order valence-electron chi connectivity index (χ4n) is 1.42. The van der Waals surface area contributed by atoms with Gasteiger partial charge in [0, 0.05) is 11.1 Å². The Morgan fingerprint density at radius 2 is 1.94 bits per heavy atom. The standard InChI is InChI=1S/C10H5Cl2NO3/c11-4-1-5(12)9-6(2-4)13-7(10(15)16)3-8(9)14/h1-3H,(H,13,14)(H,15,16)/p-1. The lowest BCUT2D eigenvalue weighted by molar-refractivity contribution is -0.255. The van der Waals surface area contributed by atoms with E-state index in [2.05, 4.69) is 4.98 Å². The number of hydrogen-bond acceptors (Lipinski definition) is 3. The van der Waals surface area contributed by atoms with Crippen LogP contribution in [0.1, 0.15) is 10.5 Å². The highest BCUT2D eigenvalue weighted by atomic mass is 35.5. The molecule has 0 saturated carbocycles. The Hall–Kier alpha value is -1.52. The number of halogens is 2. The van der Waals surface area contributed by atoms with E-state index < -0.39 is 11.4 Å². The van der Waals surface area contributed by atoms with Gasteiger partial charge in [0.05, 0.1) is 27.6 Å². The topological polar surface area (TPSA) is 73.0 Å². The average molecular weight is 257 g/mol. The number of aromatic nitrogens is 1. The van der Waals surface area contributed by atoms with Crippen molar-refractivity contribution in [1.29, 1.82) is 0 Å². The molecule has 0 aliphatic heterocycles. The molecule has 1 aromatic carbocycles. The molecule has 2 aromatic rings. The van der Waals surface area contributed by atoms with Crippen LogP contribution in [0.15, 0.2) is 23.0 Å². The van der Waals surface area contributed by atoms with Crippen molar-refractivity contribution in [2.45, 2.75) is 0 Å². The molecule has 16 heavy (non-hydrogen) atoms. The highest BCUT2D eigenvalue weighted by Gasteiger charge is 2.07. The molecule has 4 nitrogen and oxygen atoms in total. The molecule has 0 spiro atoms. The zero-order valence-electron chi connectivity index (χ0n) is 7.71. The number of nitrogens with one attached hydrogen (secondary N) is 1. The van der Waals surface area contributed by atoms with Crippen molar-refractivity contribution in [3.63, 3.8) is 0 Å². The Kier molecular flexibility index (Phi) is 2.61. The van der Waals surface area contributed by atoms with Gasteiger partial charge in [0.2, 0.25) is 0 Å². The van der Waals surface area contributed by atoms with Gasteiger partial charge in [0.1, 0.15) is 0 Å². The summed E-state index contributed by atoms with van der Waals surface area (Å²) in [5, 5.41) is 11.3. The first kappa shape index (κ1) is 11.0. The maximum Gasteiger partial charge on any atom is 0.191 e. The molecule has 0 aliphatic carbocycles. The van der Waals surface area contributed by atoms with Crippen LogP contribution in [-0.4, -0.2) is 11.0 Å². The summed E-state index contributed by atoms with van der Waals surface area (Å²) in [5.41, 5.74) is -0.533. The van der Waals surface area contributed by atoms with Crippen molar-refractivity contribution >= 4 is 40.1 Å². The lowest BCUT2D eigenvalue weighted by Crippen LogP contribution is -2.25. The normalized spacial score (nSPS) is 10.6. The highest BCUT2D eigenvalue weighted by molar-refractivity contribution is 6.38. The van der Waals surface area contributed by atoms with Crippen molar-refractivity contribution in [3.8, 4) is 0 Å². The fraction of sp³-hybridized carbons (Fsp3) is 0. The molecule has 2 rings (SSSR count). The minimum atomic E-state index is -1.46. The quantitative estimate of drug-likeness (QED) is 0.834. The predicted octanol–water partition coefficient (Wildman–Crippen LogP) is 1.20. The molecule has 82 valence electrons. The number of carboxylic acid groups (broad SMARTS) is 1. The Labute approximate surface area is 99.4 Å². The van der Waals surface area contributed by atoms with E-state index in [1.165, 1.54) is 12.1 Å². The third kappa shape index (κ3) is 1.77. The number of hydrogen-bond donors (Lipinski definition) is 1. The van der Waals surface area contributed by atoms with Crippen molar-refractivity contribution in [2.75, 3.05) is 0 Å². The van der Waals surface area contributed by atoms with Crippen LogP contribution in [0.3, 0.4) is 0 Å². The number of carbonyl (C=O) groups is 1. The number of H-pyrrole nitrogens is 1. The van der Waals surface area contributed by atoms with Gasteiger partial charge in [0.25, 0.3) is 0 Å². The fourth-order valence-corrected chi connectivity index (χ4v) is 2.00. The van der Waals surface area contributed by atoms with E-state index in [-0.39, 0.29) is 21.6 Å². The van der Waals surface area contributed by atoms with Crippen LogP contribution in [-0.2, 0) is 0 Å². The molecule has 0 atom stereocenters. The van der Waals surface area contributed by atoms with Crippen molar-refractivity contribution < 1.29 is 9.90 Å². The van der Waals surface area contributed by atoms with Gasteiger partial charge in [-0.05, 0) is 12.1 Å². The van der Waals surface area contributed by atoms with E-state index in [0.29, 0.717) is 5.02 Å². The second-order valence-electron chi connectivity index (χ2n) is 3.14. The van der Waals surface area contributed by atoms with Gasteiger partial charge in [0.15, 0.2) is 5.43 Å². The Morgan fingerprint density at radius 3 is 2.56 bits per heavy atom. The first-order valence-corrected chi connectivity index (χ1v) is 4.98. The molecule has 1 aromatic heterocycles. The monoisotopic (exact) mass is 256 g/mol. The molecule has 0 unspecified atom stereocenters. The van der Waals surface area contributed by atoms with Gasteiger partial charge < -0.3 is 14.9 Å². The van der Waals surface area contributed by atoms with Crippen molar-refractivity contribution in [1.82, 2.24) is 4.98 Å². The van der Waals surface area contributed by atoms with Crippen molar-refractivity contribution in [3.05, 3.63) is 44.2 Å². The molecule has 0 fully saturated rings. The van der Waals surface area contributed by atoms with Crippen LogP contribution < -0.4 is 10.5 Å². The predicted molar refractivity (Wildman–Crippen MR) is 58.9 cm³/mol. The van der Waals surface area contributed by atoms with Gasteiger partial charge in [-0.1, -0.05) is 23.2 Å². The van der Waals surface area contributed by atoms with E-state index in [1.54, 1.807) is 0 Å². The number of pyridine rings is 1. The second-order valence-corrected chi connectivity index (χ2v) is 3.99. The van der Waals surface area contributed by atoms with E-state index in [1.807, 2.05) is 0 Å². The summed E-state index contributed by atoms with van der Waals surface area (Å²) in [6.07, 6.45) is 0. The Bertz CT molecular complexity index is 648. The summed E-state index contributed by atoms with van der Waals surface area (Å²) < 4.78 is 0. The zero-order valence-corrected chi connectivity index (χ0v) is 9.22. The number of fused-ring (bicyclic) bond motifs is 1. The minimum absolute atomic E-state index is 0.175. The molecule has 1 N–H and O–H groups in total. The van der Waals surface area contributed by atoms with Gasteiger partial charge >= 0.3 is 0 Å².